The number of ether oxygens (including phenoxy) is 1. The van der Waals surface area contributed by atoms with Crippen molar-refractivity contribution in [3.8, 4) is 5.75 Å². The number of hydrogen-bond donors (Lipinski definition) is 1. The molecule has 2 rings (SSSR count). The highest BCUT2D eigenvalue weighted by Gasteiger charge is 2.15. The second-order valence-electron chi connectivity index (χ2n) is 3.72. The molecular weight excluding hydrogens is 220 g/mol. The smallest absolute Gasteiger partial charge is 0.308 e. The minimum atomic E-state index is -0.566. The zero-order chi connectivity index (χ0) is 12.6. The fourth-order valence-corrected chi connectivity index (χ4v) is 1.74. The number of esters is 1. The zero-order valence-corrected chi connectivity index (χ0v) is 9.56. The van der Waals surface area contributed by atoms with Crippen LogP contribution in [-0.4, -0.2) is 10.5 Å². The zero-order valence-electron chi connectivity index (χ0n) is 9.56. The molecule has 0 saturated heterocycles. The number of fused-ring (bicyclic) bond motifs is 1. The summed E-state index contributed by atoms with van der Waals surface area (Å²) < 4.78 is 6.27. The number of para-hydroxylation sites is 1. The summed E-state index contributed by atoms with van der Waals surface area (Å²) in [4.78, 5) is 22.9. The first kappa shape index (κ1) is 11.2. The molecule has 0 aliphatic carbocycles. The van der Waals surface area contributed by atoms with E-state index < -0.39 is 11.5 Å². The average Bonchev–Trinajstić information content (AvgIpc) is 2.31. The first-order valence-electron chi connectivity index (χ1n) is 5.08. The molecule has 0 spiro atoms. The Morgan fingerprint density at radius 2 is 2.00 bits per heavy atom. The quantitative estimate of drug-likeness (QED) is 0.745. The van der Waals surface area contributed by atoms with Crippen LogP contribution in [0.5, 0.6) is 5.75 Å². The molecule has 1 heterocycles. The molecule has 0 aliphatic rings. The Morgan fingerprint density at radius 1 is 1.35 bits per heavy atom. The summed E-state index contributed by atoms with van der Waals surface area (Å²) in [5, 5.41) is 0.686. The van der Waals surface area contributed by atoms with Crippen molar-refractivity contribution in [3.05, 3.63) is 34.6 Å². The van der Waals surface area contributed by atoms with E-state index >= 15 is 0 Å². The SMILES string of the molecule is CC(=O)Oc1c(N)c2ccccc2n(C)c1=O. The number of aromatic nitrogens is 1. The van der Waals surface area contributed by atoms with Crippen molar-refractivity contribution in [2.24, 2.45) is 7.05 Å². The molecule has 0 atom stereocenters. The lowest BCUT2D eigenvalue weighted by molar-refractivity contribution is -0.131. The van der Waals surface area contributed by atoms with Crippen LogP contribution in [0.15, 0.2) is 29.1 Å². The lowest BCUT2D eigenvalue weighted by Gasteiger charge is -2.11. The summed E-state index contributed by atoms with van der Waals surface area (Å²) in [6.45, 7) is 1.23. The van der Waals surface area contributed by atoms with Crippen LogP contribution in [0.1, 0.15) is 6.92 Å². The fraction of sp³-hybridized carbons (Fsp3) is 0.167. The number of carbonyl (C=O) groups is 1. The van der Waals surface area contributed by atoms with Crippen molar-refractivity contribution in [2.75, 3.05) is 5.73 Å². The summed E-state index contributed by atoms with van der Waals surface area (Å²) in [5.74, 6) is -0.678. The molecule has 2 N–H and O–H groups in total. The molecule has 0 unspecified atom stereocenters. The van der Waals surface area contributed by atoms with Gasteiger partial charge < -0.3 is 15.0 Å². The average molecular weight is 232 g/mol. The molecule has 0 radical (unpaired) electrons. The summed E-state index contributed by atoms with van der Waals surface area (Å²) in [7, 11) is 1.61. The van der Waals surface area contributed by atoms with E-state index in [2.05, 4.69) is 0 Å². The maximum Gasteiger partial charge on any atom is 0.308 e. The standard InChI is InChI=1S/C12H12N2O3/c1-7(15)17-11-10(13)8-5-3-4-6-9(8)14(2)12(11)16/h3-6H,13H2,1-2H3. The van der Waals surface area contributed by atoms with Gasteiger partial charge in [-0.3, -0.25) is 9.59 Å². The lowest BCUT2D eigenvalue weighted by Crippen LogP contribution is -2.22. The maximum atomic E-state index is 11.9. The number of aryl methyl sites for hydroxylation is 1. The van der Waals surface area contributed by atoms with Crippen LogP contribution < -0.4 is 16.0 Å². The number of benzene rings is 1. The number of nitrogens with zero attached hydrogens (tertiary/aromatic N) is 1. The van der Waals surface area contributed by atoms with Crippen LogP contribution in [0, 0.1) is 0 Å². The van der Waals surface area contributed by atoms with Gasteiger partial charge in [0.25, 0.3) is 5.56 Å². The lowest BCUT2D eigenvalue weighted by atomic mass is 10.1. The minimum absolute atomic E-state index is 0.112. The molecule has 0 amide bonds. The summed E-state index contributed by atoms with van der Waals surface area (Å²) in [5.41, 5.74) is 6.32. The van der Waals surface area contributed by atoms with Crippen LogP contribution in [-0.2, 0) is 11.8 Å². The van der Waals surface area contributed by atoms with Gasteiger partial charge in [0.1, 0.15) is 0 Å². The van der Waals surface area contributed by atoms with E-state index in [1.807, 2.05) is 6.07 Å². The van der Waals surface area contributed by atoms with E-state index in [1.54, 1.807) is 25.2 Å². The van der Waals surface area contributed by atoms with Gasteiger partial charge in [0.2, 0.25) is 5.75 Å². The number of carbonyl (C=O) groups excluding carboxylic acids is 1. The number of pyridine rings is 1. The fourth-order valence-electron chi connectivity index (χ4n) is 1.74. The highest BCUT2D eigenvalue weighted by atomic mass is 16.5. The maximum absolute atomic E-state index is 11.9. The molecule has 0 fully saturated rings. The molecular formula is C12H12N2O3. The molecule has 5 heteroatoms. The molecule has 5 nitrogen and oxygen atoms in total. The van der Waals surface area contributed by atoms with Crippen molar-refractivity contribution < 1.29 is 9.53 Å². The van der Waals surface area contributed by atoms with E-state index in [0.717, 1.165) is 0 Å². The van der Waals surface area contributed by atoms with Gasteiger partial charge in [-0.05, 0) is 6.07 Å². The van der Waals surface area contributed by atoms with Gasteiger partial charge in [0.15, 0.2) is 0 Å². The number of anilines is 1. The molecule has 0 saturated carbocycles. The number of hydrogen-bond acceptors (Lipinski definition) is 4. The molecule has 88 valence electrons. The highest BCUT2D eigenvalue weighted by Crippen LogP contribution is 2.26. The Labute approximate surface area is 97.4 Å². The Morgan fingerprint density at radius 3 is 2.65 bits per heavy atom. The van der Waals surface area contributed by atoms with Gasteiger partial charge in [0, 0.05) is 19.4 Å². The Bertz CT molecular complexity index is 659. The molecule has 0 aliphatic heterocycles. The van der Waals surface area contributed by atoms with Crippen LogP contribution in [0.4, 0.5) is 5.69 Å². The summed E-state index contributed by atoms with van der Waals surface area (Å²) in [6.07, 6.45) is 0. The van der Waals surface area contributed by atoms with Crippen LogP contribution >= 0.6 is 0 Å². The second kappa shape index (κ2) is 3.93. The van der Waals surface area contributed by atoms with Crippen molar-refractivity contribution in [3.63, 3.8) is 0 Å². The number of nitrogens with two attached hydrogens (primary N) is 1. The second-order valence-corrected chi connectivity index (χ2v) is 3.72. The summed E-state index contributed by atoms with van der Waals surface area (Å²) in [6, 6.07) is 7.18. The van der Waals surface area contributed by atoms with Gasteiger partial charge >= 0.3 is 5.97 Å². The molecule has 2 aromatic rings. The van der Waals surface area contributed by atoms with Gasteiger partial charge in [-0.25, -0.2) is 0 Å². The van der Waals surface area contributed by atoms with Crippen molar-refractivity contribution in [1.82, 2.24) is 4.57 Å². The normalized spacial score (nSPS) is 10.5. The third kappa shape index (κ3) is 1.75. The van der Waals surface area contributed by atoms with Crippen molar-refractivity contribution in [1.29, 1.82) is 0 Å². The van der Waals surface area contributed by atoms with Gasteiger partial charge in [-0.2, -0.15) is 0 Å². The third-order valence-electron chi connectivity index (χ3n) is 2.54. The van der Waals surface area contributed by atoms with Crippen molar-refractivity contribution >= 4 is 22.6 Å². The molecule has 0 bridgehead atoms. The van der Waals surface area contributed by atoms with Gasteiger partial charge in [-0.1, -0.05) is 18.2 Å². The number of nitrogen functional groups attached to an aromatic ring is 1. The Hall–Kier alpha value is -2.30. The van der Waals surface area contributed by atoms with E-state index in [0.29, 0.717) is 10.9 Å². The van der Waals surface area contributed by atoms with E-state index in [4.69, 9.17) is 10.5 Å². The van der Waals surface area contributed by atoms with E-state index in [1.165, 1.54) is 11.5 Å². The topological polar surface area (TPSA) is 74.3 Å². The van der Waals surface area contributed by atoms with Crippen LogP contribution in [0.25, 0.3) is 10.9 Å². The predicted molar refractivity (Wildman–Crippen MR) is 64.9 cm³/mol. The molecule has 1 aromatic heterocycles. The van der Waals surface area contributed by atoms with Gasteiger partial charge in [0.05, 0.1) is 11.2 Å². The Kier molecular flexibility index (Phi) is 2.59. The van der Waals surface area contributed by atoms with E-state index in [-0.39, 0.29) is 11.4 Å². The van der Waals surface area contributed by atoms with Gasteiger partial charge in [-0.15, -0.1) is 0 Å². The van der Waals surface area contributed by atoms with Crippen molar-refractivity contribution in [2.45, 2.75) is 6.92 Å². The first-order valence-corrected chi connectivity index (χ1v) is 5.08. The van der Waals surface area contributed by atoms with Crippen LogP contribution in [0.3, 0.4) is 0 Å². The van der Waals surface area contributed by atoms with Crippen LogP contribution in [0.2, 0.25) is 0 Å². The first-order chi connectivity index (χ1) is 8.02. The molecule has 1 aromatic carbocycles. The monoisotopic (exact) mass is 232 g/mol. The largest absolute Gasteiger partial charge is 0.419 e. The molecule has 17 heavy (non-hydrogen) atoms. The third-order valence-corrected chi connectivity index (χ3v) is 2.54. The minimum Gasteiger partial charge on any atom is -0.419 e. The summed E-state index contributed by atoms with van der Waals surface area (Å²) >= 11 is 0. The Balaban J connectivity index is 2.86. The highest BCUT2D eigenvalue weighted by molar-refractivity contribution is 5.94. The number of rotatable bonds is 1. The predicted octanol–water partition coefficient (Wildman–Crippen LogP) is 1.05. The van der Waals surface area contributed by atoms with E-state index in [9.17, 15) is 9.59 Å².